The van der Waals surface area contributed by atoms with Crippen LogP contribution < -0.4 is 10.5 Å². The Balaban J connectivity index is 2.37. The largest absolute Gasteiger partial charge is 0.495 e. The van der Waals surface area contributed by atoms with Gasteiger partial charge in [-0.1, -0.05) is 25.7 Å². The van der Waals surface area contributed by atoms with Crippen LogP contribution >= 0.6 is 0 Å². The van der Waals surface area contributed by atoms with Gasteiger partial charge in [0.05, 0.1) is 13.2 Å². The Labute approximate surface area is 122 Å². The fourth-order valence-corrected chi connectivity index (χ4v) is 3.44. The summed E-state index contributed by atoms with van der Waals surface area (Å²) in [6.07, 6.45) is 9.14. The first kappa shape index (κ1) is 15.3. The SMILES string of the molecule is COc1cccnc1C(N)C1(N(C)C)CCCCCC1. The van der Waals surface area contributed by atoms with E-state index in [9.17, 15) is 0 Å². The van der Waals surface area contributed by atoms with Gasteiger partial charge in [-0.2, -0.15) is 0 Å². The molecule has 1 aliphatic rings. The van der Waals surface area contributed by atoms with Crippen LogP contribution in [-0.4, -0.2) is 36.6 Å². The maximum atomic E-state index is 6.67. The van der Waals surface area contributed by atoms with Crippen molar-refractivity contribution in [2.75, 3.05) is 21.2 Å². The molecule has 0 aromatic carbocycles. The highest BCUT2D eigenvalue weighted by Crippen LogP contribution is 2.41. The van der Waals surface area contributed by atoms with E-state index in [0.29, 0.717) is 0 Å². The number of nitrogens with two attached hydrogens (primary N) is 1. The van der Waals surface area contributed by atoms with E-state index in [0.717, 1.165) is 24.3 Å². The summed E-state index contributed by atoms with van der Waals surface area (Å²) in [4.78, 5) is 6.81. The molecule has 0 saturated heterocycles. The molecule has 1 atom stereocenters. The van der Waals surface area contributed by atoms with Crippen molar-refractivity contribution in [2.45, 2.75) is 50.1 Å². The average Bonchev–Trinajstić information content (AvgIpc) is 2.73. The number of pyridine rings is 1. The molecular weight excluding hydrogens is 250 g/mol. The lowest BCUT2D eigenvalue weighted by atomic mass is 9.80. The summed E-state index contributed by atoms with van der Waals surface area (Å²) in [5, 5.41) is 0. The van der Waals surface area contributed by atoms with Crippen molar-refractivity contribution in [1.82, 2.24) is 9.88 Å². The van der Waals surface area contributed by atoms with Crippen molar-refractivity contribution in [2.24, 2.45) is 5.73 Å². The number of likely N-dealkylation sites (N-methyl/N-ethyl adjacent to an activating group) is 1. The van der Waals surface area contributed by atoms with Gasteiger partial charge < -0.3 is 15.4 Å². The van der Waals surface area contributed by atoms with Crippen LogP contribution in [0.1, 0.15) is 50.3 Å². The molecular formula is C16H27N3O. The Morgan fingerprint density at radius 3 is 2.45 bits per heavy atom. The van der Waals surface area contributed by atoms with E-state index in [2.05, 4.69) is 24.0 Å². The van der Waals surface area contributed by atoms with Crippen molar-refractivity contribution in [1.29, 1.82) is 0 Å². The molecule has 1 heterocycles. The molecule has 1 saturated carbocycles. The van der Waals surface area contributed by atoms with Crippen LogP contribution in [0.15, 0.2) is 18.3 Å². The average molecular weight is 277 g/mol. The molecule has 1 aromatic heterocycles. The summed E-state index contributed by atoms with van der Waals surface area (Å²) >= 11 is 0. The molecule has 20 heavy (non-hydrogen) atoms. The van der Waals surface area contributed by atoms with Crippen molar-refractivity contribution >= 4 is 0 Å². The third-order valence-electron chi connectivity index (χ3n) is 4.75. The van der Waals surface area contributed by atoms with E-state index in [-0.39, 0.29) is 11.6 Å². The van der Waals surface area contributed by atoms with E-state index < -0.39 is 0 Å². The minimum Gasteiger partial charge on any atom is -0.495 e. The second-order valence-electron chi connectivity index (χ2n) is 5.98. The zero-order valence-electron chi connectivity index (χ0n) is 12.9. The van der Waals surface area contributed by atoms with Gasteiger partial charge in [0.25, 0.3) is 0 Å². The van der Waals surface area contributed by atoms with Gasteiger partial charge in [0, 0.05) is 11.7 Å². The van der Waals surface area contributed by atoms with Crippen molar-refractivity contribution in [3.05, 3.63) is 24.0 Å². The minimum atomic E-state index is -0.119. The summed E-state index contributed by atoms with van der Waals surface area (Å²) in [5.74, 6) is 0.797. The summed E-state index contributed by atoms with van der Waals surface area (Å²) in [7, 11) is 5.96. The quantitative estimate of drug-likeness (QED) is 0.860. The normalized spacial score (nSPS) is 20.4. The van der Waals surface area contributed by atoms with Gasteiger partial charge in [-0.25, -0.2) is 0 Å². The molecule has 4 heteroatoms. The summed E-state index contributed by atoms with van der Waals surface area (Å²) in [6.45, 7) is 0. The third-order valence-corrected chi connectivity index (χ3v) is 4.75. The number of hydrogen-bond donors (Lipinski definition) is 1. The zero-order chi connectivity index (χ0) is 14.6. The molecule has 2 N–H and O–H groups in total. The van der Waals surface area contributed by atoms with Crippen LogP contribution in [0.4, 0.5) is 0 Å². The molecule has 1 unspecified atom stereocenters. The molecule has 112 valence electrons. The summed E-state index contributed by atoms with van der Waals surface area (Å²) < 4.78 is 5.45. The molecule has 2 rings (SSSR count). The smallest absolute Gasteiger partial charge is 0.142 e. The highest BCUT2D eigenvalue weighted by molar-refractivity contribution is 5.32. The lowest BCUT2D eigenvalue weighted by Crippen LogP contribution is -2.52. The van der Waals surface area contributed by atoms with E-state index in [1.807, 2.05) is 12.1 Å². The maximum absolute atomic E-state index is 6.67. The monoisotopic (exact) mass is 277 g/mol. The van der Waals surface area contributed by atoms with Crippen LogP contribution in [0.25, 0.3) is 0 Å². The predicted octanol–water partition coefficient (Wildman–Crippen LogP) is 2.74. The van der Waals surface area contributed by atoms with Gasteiger partial charge in [0.1, 0.15) is 11.4 Å². The van der Waals surface area contributed by atoms with E-state index in [1.54, 1.807) is 13.3 Å². The molecule has 0 bridgehead atoms. The first-order valence-electron chi connectivity index (χ1n) is 7.54. The molecule has 1 aliphatic carbocycles. The van der Waals surface area contributed by atoms with Gasteiger partial charge in [0.15, 0.2) is 0 Å². The van der Waals surface area contributed by atoms with Gasteiger partial charge in [-0.05, 0) is 39.1 Å². The lowest BCUT2D eigenvalue weighted by molar-refractivity contribution is 0.0940. The standard InChI is InChI=1S/C16H27N3O/c1-19(2)16(10-6-4-5-7-11-16)15(17)14-13(20-3)9-8-12-18-14/h8-9,12,15H,4-7,10-11,17H2,1-3H3. The molecule has 0 aliphatic heterocycles. The maximum Gasteiger partial charge on any atom is 0.142 e. The molecule has 4 nitrogen and oxygen atoms in total. The Kier molecular flexibility index (Phi) is 5.00. The number of nitrogens with zero attached hydrogens (tertiary/aromatic N) is 2. The predicted molar refractivity (Wildman–Crippen MR) is 81.8 cm³/mol. The van der Waals surface area contributed by atoms with E-state index in [1.165, 1.54) is 25.7 Å². The van der Waals surface area contributed by atoms with Gasteiger partial charge in [0.2, 0.25) is 0 Å². The van der Waals surface area contributed by atoms with Crippen LogP contribution in [0.3, 0.4) is 0 Å². The van der Waals surface area contributed by atoms with Gasteiger partial charge in [-0.15, -0.1) is 0 Å². The molecule has 0 radical (unpaired) electrons. The van der Waals surface area contributed by atoms with Gasteiger partial charge in [-0.3, -0.25) is 4.98 Å². The number of ether oxygens (including phenoxy) is 1. The summed E-state index contributed by atoms with van der Waals surface area (Å²) in [6, 6.07) is 3.72. The fourth-order valence-electron chi connectivity index (χ4n) is 3.44. The third kappa shape index (κ3) is 2.81. The first-order chi connectivity index (χ1) is 9.62. The molecule has 0 amide bonds. The second-order valence-corrected chi connectivity index (χ2v) is 5.98. The molecule has 0 spiro atoms. The molecule has 1 fully saturated rings. The van der Waals surface area contributed by atoms with Crippen molar-refractivity contribution in [3.63, 3.8) is 0 Å². The van der Waals surface area contributed by atoms with Crippen LogP contribution in [0.2, 0.25) is 0 Å². The highest BCUT2D eigenvalue weighted by Gasteiger charge is 2.41. The number of methoxy groups -OCH3 is 1. The Bertz CT molecular complexity index is 425. The van der Waals surface area contributed by atoms with Gasteiger partial charge >= 0.3 is 0 Å². The Hall–Kier alpha value is -1.13. The lowest BCUT2D eigenvalue weighted by Gasteiger charge is -2.44. The number of rotatable bonds is 4. The Morgan fingerprint density at radius 1 is 1.25 bits per heavy atom. The Morgan fingerprint density at radius 2 is 1.90 bits per heavy atom. The summed E-state index contributed by atoms with van der Waals surface area (Å²) in [5.41, 5.74) is 7.53. The van der Waals surface area contributed by atoms with Crippen LogP contribution in [-0.2, 0) is 0 Å². The van der Waals surface area contributed by atoms with Crippen molar-refractivity contribution < 1.29 is 4.74 Å². The zero-order valence-corrected chi connectivity index (χ0v) is 12.9. The minimum absolute atomic E-state index is 0.0157. The first-order valence-corrected chi connectivity index (χ1v) is 7.54. The number of aromatic nitrogens is 1. The van der Waals surface area contributed by atoms with E-state index in [4.69, 9.17) is 10.5 Å². The highest BCUT2D eigenvalue weighted by atomic mass is 16.5. The van der Waals surface area contributed by atoms with Crippen molar-refractivity contribution in [3.8, 4) is 5.75 Å². The molecule has 1 aromatic rings. The second kappa shape index (κ2) is 6.55. The topological polar surface area (TPSA) is 51.4 Å². The van der Waals surface area contributed by atoms with Crippen LogP contribution in [0.5, 0.6) is 5.75 Å². The number of hydrogen-bond acceptors (Lipinski definition) is 4. The van der Waals surface area contributed by atoms with Crippen LogP contribution in [0, 0.1) is 0 Å². The van der Waals surface area contributed by atoms with E-state index >= 15 is 0 Å². The fraction of sp³-hybridized carbons (Fsp3) is 0.688.